The van der Waals surface area contributed by atoms with E-state index in [4.69, 9.17) is 0 Å². The van der Waals surface area contributed by atoms with Crippen molar-refractivity contribution in [2.75, 3.05) is 25.0 Å². The number of carboxylic acids is 1. The Morgan fingerprint density at radius 2 is 2.20 bits per heavy atom. The standard InChI is InChI=1S/C15H20N2O3/c1-16-9-3-8-14(18)17-10-4-6-11-12(15(19)20)5-2-7-13(11)17/h2,5,7,16H,3-4,6,8-10H2,1H3,(H,19,20). The van der Waals surface area contributed by atoms with Crippen LogP contribution >= 0.6 is 0 Å². The van der Waals surface area contributed by atoms with Crippen LogP contribution in [0.1, 0.15) is 35.2 Å². The van der Waals surface area contributed by atoms with Gasteiger partial charge in [0.25, 0.3) is 0 Å². The minimum Gasteiger partial charge on any atom is -0.478 e. The lowest BCUT2D eigenvalue weighted by molar-refractivity contribution is -0.118. The highest BCUT2D eigenvalue weighted by molar-refractivity contribution is 5.98. The molecule has 0 aromatic heterocycles. The molecular weight excluding hydrogens is 256 g/mol. The van der Waals surface area contributed by atoms with E-state index in [1.165, 1.54) is 0 Å². The first-order chi connectivity index (χ1) is 9.65. The van der Waals surface area contributed by atoms with Crippen molar-refractivity contribution in [1.82, 2.24) is 5.32 Å². The number of carbonyl (C=O) groups is 2. The van der Waals surface area contributed by atoms with Crippen LogP contribution in [0, 0.1) is 0 Å². The predicted molar refractivity (Wildman–Crippen MR) is 77.2 cm³/mol. The monoisotopic (exact) mass is 276 g/mol. The fourth-order valence-electron chi connectivity index (χ4n) is 2.64. The number of hydrogen-bond donors (Lipinski definition) is 2. The summed E-state index contributed by atoms with van der Waals surface area (Å²) in [5.74, 6) is -0.852. The van der Waals surface area contributed by atoms with Crippen LogP contribution in [0.3, 0.4) is 0 Å². The van der Waals surface area contributed by atoms with Gasteiger partial charge in [-0.3, -0.25) is 4.79 Å². The van der Waals surface area contributed by atoms with Gasteiger partial charge in [-0.05, 0) is 50.6 Å². The van der Waals surface area contributed by atoms with Crippen molar-refractivity contribution in [3.63, 3.8) is 0 Å². The van der Waals surface area contributed by atoms with Crippen LogP contribution in [-0.2, 0) is 11.2 Å². The molecule has 1 heterocycles. The van der Waals surface area contributed by atoms with Crippen LogP contribution < -0.4 is 10.2 Å². The number of fused-ring (bicyclic) bond motifs is 1. The van der Waals surface area contributed by atoms with Crippen LogP contribution in [0.15, 0.2) is 18.2 Å². The van der Waals surface area contributed by atoms with E-state index >= 15 is 0 Å². The summed E-state index contributed by atoms with van der Waals surface area (Å²) in [7, 11) is 1.86. The van der Waals surface area contributed by atoms with E-state index < -0.39 is 5.97 Å². The van der Waals surface area contributed by atoms with Gasteiger partial charge in [0, 0.05) is 18.7 Å². The first kappa shape index (κ1) is 14.5. The lowest BCUT2D eigenvalue weighted by Crippen LogP contribution is -2.36. The van der Waals surface area contributed by atoms with Gasteiger partial charge in [0.05, 0.1) is 5.56 Å². The topological polar surface area (TPSA) is 69.6 Å². The Morgan fingerprint density at radius 3 is 2.90 bits per heavy atom. The Balaban J connectivity index is 2.22. The molecule has 20 heavy (non-hydrogen) atoms. The highest BCUT2D eigenvalue weighted by Crippen LogP contribution is 2.30. The normalized spacial score (nSPS) is 13.9. The molecule has 1 aromatic rings. The minimum atomic E-state index is -0.925. The highest BCUT2D eigenvalue weighted by Gasteiger charge is 2.25. The SMILES string of the molecule is CNCCCC(=O)N1CCCc2c(C(=O)O)cccc21. The number of rotatable bonds is 5. The van der Waals surface area contributed by atoms with Crippen molar-refractivity contribution < 1.29 is 14.7 Å². The number of carboxylic acid groups (broad SMARTS) is 1. The second-order valence-electron chi connectivity index (χ2n) is 4.96. The summed E-state index contributed by atoms with van der Waals surface area (Å²) < 4.78 is 0. The first-order valence-corrected chi connectivity index (χ1v) is 6.95. The van der Waals surface area contributed by atoms with Gasteiger partial charge in [-0.15, -0.1) is 0 Å². The largest absolute Gasteiger partial charge is 0.478 e. The van der Waals surface area contributed by atoms with Crippen molar-refractivity contribution in [3.8, 4) is 0 Å². The van der Waals surface area contributed by atoms with Crippen molar-refractivity contribution in [2.24, 2.45) is 0 Å². The molecule has 0 aliphatic carbocycles. The quantitative estimate of drug-likeness (QED) is 0.803. The average Bonchev–Trinajstić information content (AvgIpc) is 2.46. The molecule has 0 fully saturated rings. The predicted octanol–water partition coefficient (Wildman–Crippen LogP) is 1.66. The second kappa shape index (κ2) is 6.52. The van der Waals surface area contributed by atoms with E-state index in [1.54, 1.807) is 17.0 Å². The summed E-state index contributed by atoms with van der Waals surface area (Å²) in [6, 6.07) is 5.16. The number of amides is 1. The third-order valence-corrected chi connectivity index (χ3v) is 3.60. The highest BCUT2D eigenvalue weighted by atomic mass is 16.4. The molecule has 1 aliphatic heterocycles. The maximum Gasteiger partial charge on any atom is 0.336 e. The van der Waals surface area contributed by atoms with Crippen molar-refractivity contribution in [1.29, 1.82) is 0 Å². The summed E-state index contributed by atoms with van der Waals surface area (Å²) in [6.45, 7) is 1.48. The molecule has 0 unspecified atom stereocenters. The summed E-state index contributed by atoms with van der Waals surface area (Å²) in [5, 5.41) is 12.2. The lowest BCUT2D eigenvalue weighted by atomic mass is 9.96. The number of nitrogens with one attached hydrogen (secondary N) is 1. The molecule has 108 valence electrons. The molecule has 0 bridgehead atoms. The maximum absolute atomic E-state index is 12.3. The molecular formula is C15H20N2O3. The van der Waals surface area contributed by atoms with Gasteiger partial charge in [0.15, 0.2) is 0 Å². The molecule has 0 saturated heterocycles. The summed E-state index contributed by atoms with van der Waals surface area (Å²) in [4.78, 5) is 25.3. The van der Waals surface area contributed by atoms with E-state index in [2.05, 4.69) is 5.32 Å². The first-order valence-electron chi connectivity index (χ1n) is 6.95. The zero-order valence-corrected chi connectivity index (χ0v) is 11.7. The van der Waals surface area contributed by atoms with Gasteiger partial charge in [0.2, 0.25) is 5.91 Å². The van der Waals surface area contributed by atoms with Crippen LogP contribution in [0.25, 0.3) is 0 Å². The van der Waals surface area contributed by atoms with Gasteiger partial charge in [-0.25, -0.2) is 4.79 Å². The number of aromatic carboxylic acids is 1. The molecule has 5 nitrogen and oxygen atoms in total. The van der Waals surface area contributed by atoms with Crippen LogP contribution in [0.2, 0.25) is 0 Å². The van der Waals surface area contributed by atoms with Crippen LogP contribution in [0.5, 0.6) is 0 Å². The Kier molecular flexibility index (Phi) is 4.74. The summed E-state index contributed by atoms with van der Waals surface area (Å²) in [5.41, 5.74) is 1.87. The Hall–Kier alpha value is -1.88. The Labute approximate surface area is 118 Å². The third kappa shape index (κ3) is 2.99. The minimum absolute atomic E-state index is 0.0729. The Morgan fingerprint density at radius 1 is 1.40 bits per heavy atom. The van der Waals surface area contributed by atoms with Crippen molar-refractivity contribution in [2.45, 2.75) is 25.7 Å². The third-order valence-electron chi connectivity index (χ3n) is 3.60. The van der Waals surface area contributed by atoms with Gasteiger partial charge in [-0.2, -0.15) is 0 Å². The van der Waals surface area contributed by atoms with Crippen molar-refractivity contribution in [3.05, 3.63) is 29.3 Å². The number of benzene rings is 1. The van der Waals surface area contributed by atoms with Crippen LogP contribution in [0.4, 0.5) is 5.69 Å². The smallest absolute Gasteiger partial charge is 0.336 e. The molecule has 1 amide bonds. The molecule has 1 aliphatic rings. The summed E-state index contributed by atoms with van der Waals surface area (Å²) in [6.07, 6.45) is 2.81. The fraction of sp³-hybridized carbons (Fsp3) is 0.467. The molecule has 5 heteroatoms. The molecule has 0 spiro atoms. The molecule has 2 N–H and O–H groups in total. The maximum atomic E-state index is 12.3. The number of nitrogens with zero attached hydrogens (tertiary/aromatic N) is 1. The summed E-state index contributed by atoms with van der Waals surface area (Å²) >= 11 is 0. The number of anilines is 1. The lowest BCUT2D eigenvalue weighted by Gasteiger charge is -2.30. The van der Waals surface area contributed by atoms with Gasteiger partial charge >= 0.3 is 5.97 Å². The second-order valence-corrected chi connectivity index (χ2v) is 4.96. The van der Waals surface area contributed by atoms with Gasteiger partial charge < -0.3 is 15.3 Å². The number of hydrogen-bond acceptors (Lipinski definition) is 3. The van der Waals surface area contributed by atoms with E-state index in [9.17, 15) is 14.7 Å². The molecule has 0 radical (unpaired) electrons. The Bertz CT molecular complexity index is 514. The van der Waals surface area contributed by atoms with E-state index in [-0.39, 0.29) is 5.91 Å². The van der Waals surface area contributed by atoms with Crippen molar-refractivity contribution >= 4 is 17.6 Å². The fourth-order valence-corrected chi connectivity index (χ4v) is 2.64. The van der Waals surface area contributed by atoms with Gasteiger partial charge in [0.1, 0.15) is 0 Å². The van der Waals surface area contributed by atoms with E-state index in [0.717, 1.165) is 37.1 Å². The average molecular weight is 276 g/mol. The van der Waals surface area contributed by atoms with E-state index in [1.807, 2.05) is 13.1 Å². The zero-order valence-electron chi connectivity index (χ0n) is 11.7. The molecule has 0 saturated carbocycles. The molecule has 2 rings (SSSR count). The van der Waals surface area contributed by atoms with E-state index in [0.29, 0.717) is 18.5 Å². The number of carbonyl (C=O) groups excluding carboxylic acids is 1. The zero-order chi connectivity index (χ0) is 14.5. The molecule has 0 atom stereocenters. The molecule has 1 aromatic carbocycles. The van der Waals surface area contributed by atoms with Gasteiger partial charge in [-0.1, -0.05) is 6.07 Å². The van der Waals surface area contributed by atoms with Crippen LogP contribution in [-0.4, -0.2) is 37.1 Å².